The molecule has 2 aromatic carbocycles. The lowest BCUT2D eigenvalue weighted by molar-refractivity contribution is -0.109. The lowest BCUT2D eigenvalue weighted by Crippen LogP contribution is -2.26. The number of aldehydes is 1. The maximum atomic E-state index is 11.8. The molecular formula is C22H25NO5. The highest BCUT2D eigenvalue weighted by atomic mass is 16.5. The molecule has 0 radical (unpaired) electrons. The van der Waals surface area contributed by atoms with Crippen LogP contribution in [0.25, 0.3) is 11.8 Å². The molecule has 0 aliphatic carbocycles. The number of hydrogen-bond donors (Lipinski definition) is 2. The molecular weight excluding hydrogens is 358 g/mol. The first-order valence-electron chi connectivity index (χ1n) is 9.07. The molecule has 3 rings (SSSR count). The first-order chi connectivity index (χ1) is 13.5. The average Bonchev–Trinajstić information content (AvgIpc) is 2.71. The van der Waals surface area contributed by atoms with Crippen molar-refractivity contribution in [1.82, 2.24) is 5.32 Å². The van der Waals surface area contributed by atoms with E-state index in [0.29, 0.717) is 11.5 Å². The van der Waals surface area contributed by atoms with E-state index in [0.717, 1.165) is 45.5 Å². The van der Waals surface area contributed by atoms with Crippen LogP contribution in [0, 0.1) is 13.8 Å². The third kappa shape index (κ3) is 3.68. The number of carbonyl (C=O) groups is 1. The monoisotopic (exact) mass is 383 g/mol. The van der Waals surface area contributed by atoms with Crippen LogP contribution in [0.1, 0.15) is 33.9 Å². The van der Waals surface area contributed by atoms with Crippen LogP contribution in [0.3, 0.4) is 0 Å². The molecule has 0 amide bonds. The lowest BCUT2D eigenvalue weighted by atomic mass is 9.92. The number of ether oxygens (including phenoxy) is 3. The van der Waals surface area contributed by atoms with Crippen LogP contribution < -0.4 is 19.5 Å². The normalized spacial score (nSPS) is 15.2. The van der Waals surface area contributed by atoms with Crippen molar-refractivity contribution in [1.29, 1.82) is 0 Å². The van der Waals surface area contributed by atoms with Gasteiger partial charge in [0.1, 0.15) is 36.2 Å². The Morgan fingerprint density at radius 1 is 1.11 bits per heavy atom. The zero-order valence-electron chi connectivity index (χ0n) is 16.5. The fourth-order valence-corrected chi connectivity index (χ4v) is 3.55. The Morgan fingerprint density at radius 3 is 2.39 bits per heavy atom. The molecule has 6 heteroatoms. The smallest absolute Gasteiger partial charge is 0.146 e. The number of aryl methyl sites for hydroxylation is 2. The number of methoxy groups -OCH3 is 2. The molecule has 0 bridgehead atoms. The van der Waals surface area contributed by atoms with E-state index in [1.165, 1.54) is 0 Å². The van der Waals surface area contributed by atoms with Gasteiger partial charge in [-0.3, -0.25) is 0 Å². The van der Waals surface area contributed by atoms with Gasteiger partial charge in [-0.05, 0) is 60.4 Å². The molecule has 1 unspecified atom stereocenters. The maximum absolute atomic E-state index is 11.8. The number of aliphatic hydroxyl groups is 1. The van der Waals surface area contributed by atoms with Crippen LogP contribution in [-0.2, 0) is 4.79 Å². The van der Waals surface area contributed by atoms with Gasteiger partial charge in [-0.1, -0.05) is 0 Å². The lowest BCUT2D eigenvalue weighted by Gasteiger charge is -2.27. The van der Waals surface area contributed by atoms with Crippen LogP contribution in [0.2, 0.25) is 0 Å². The molecule has 1 aliphatic heterocycles. The second kappa shape index (κ2) is 8.35. The first-order valence-corrected chi connectivity index (χ1v) is 9.07. The topological polar surface area (TPSA) is 77.0 Å². The predicted molar refractivity (Wildman–Crippen MR) is 108 cm³/mol. The van der Waals surface area contributed by atoms with Crippen LogP contribution in [-0.4, -0.2) is 38.8 Å². The van der Waals surface area contributed by atoms with Crippen molar-refractivity contribution >= 4 is 18.1 Å². The number of hydrogen-bond acceptors (Lipinski definition) is 6. The largest absolute Gasteiger partial charge is 0.497 e. The van der Waals surface area contributed by atoms with Crippen LogP contribution in [0.15, 0.2) is 24.3 Å². The molecule has 148 valence electrons. The number of carbonyl (C=O) groups excluding carboxylic acids is 1. The summed E-state index contributed by atoms with van der Waals surface area (Å²) < 4.78 is 16.5. The van der Waals surface area contributed by atoms with E-state index in [1.807, 2.05) is 38.1 Å². The number of fused-ring (bicyclic) bond motifs is 1. The van der Waals surface area contributed by atoms with Crippen molar-refractivity contribution in [2.45, 2.75) is 19.9 Å². The van der Waals surface area contributed by atoms with Gasteiger partial charge in [0, 0.05) is 17.3 Å². The van der Waals surface area contributed by atoms with E-state index in [2.05, 4.69) is 5.32 Å². The molecule has 0 spiro atoms. The van der Waals surface area contributed by atoms with Gasteiger partial charge >= 0.3 is 0 Å². The van der Waals surface area contributed by atoms with Crippen molar-refractivity contribution in [2.24, 2.45) is 0 Å². The second-order valence-corrected chi connectivity index (χ2v) is 6.66. The van der Waals surface area contributed by atoms with Crippen molar-refractivity contribution in [3.63, 3.8) is 0 Å². The quantitative estimate of drug-likeness (QED) is 0.716. The summed E-state index contributed by atoms with van der Waals surface area (Å²) in [5.74, 6) is 2.04. The maximum Gasteiger partial charge on any atom is 0.146 e. The van der Waals surface area contributed by atoms with Gasteiger partial charge in [-0.15, -0.1) is 0 Å². The zero-order chi connectivity index (χ0) is 20.3. The van der Waals surface area contributed by atoms with Gasteiger partial charge in [0.25, 0.3) is 0 Å². The van der Waals surface area contributed by atoms with E-state index < -0.39 is 6.04 Å². The van der Waals surface area contributed by atoms with Gasteiger partial charge in [-0.2, -0.15) is 0 Å². The van der Waals surface area contributed by atoms with Gasteiger partial charge in [0.2, 0.25) is 0 Å². The number of rotatable bonds is 7. The Labute approximate surface area is 164 Å². The molecule has 0 saturated heterocycles. The summed E-state index contributed by atoms with van der Waals surface area (Å²) in [5.41, 5.74) is 5.37. The summed E-state index contributed by atoms with van der Waals surface area (Å²) in [5, 5.41) is 12.3. The van der Waals surface area contributed by atoms with Gasteiger partial charge in [0.05, 0.1) is 20.8 Å². The second-order valence-electron chi connectivity index (χ2n) is 6.66. The minimum atomic E-state index is -0.526. The van der Waals surface area contributed by atoms with E-state index in [1.54, 1.807) is 20.3 Å². The Morgan fingerprint density at radius 2 is 1.82 bits per heavy atom. The molecule has 2 N–H and O–H groups in total. The predicted octanol–water partition coefficient (Wildman–Crippen LogP) is 3.03. The van der Waals surface area contributed by atoms with Gasteiger partial charge in [-0.25, -0.2) is 0 Å². The van der Waals surface area contributed by atoms with E-state index >= 15 is 0 Å². The number of aliphatic hydroxyl groups excluding tert-OH is 1. The number of nitrogens with one attached hydrogen (secondary N) is 1. The van der Waals surface area contributed by atoms with Crippen molar-refractivity contribution in [3.8, 4) is 17.2 Å². The fourth-order valence-electron chi connectivity index (χ4n) is 3.55. The molecule has 0 fully saturated rings. The van der Waals surface area contributed by atoms with E-state index in [9.17, 15) is 4.79 Å². The summed E-state index contributed by atoms with van der Waals surface area (Å²) in [6.45, 7) is 4.14. The molecule has 1 aliphatic rings. The Balaban J connectivity index is 2.09. The summed E-state index contributed by atoms with van der Waals surface area (Å²) in [7, 11) is 3.18. The van der Waals surface area contributed by atoms with E-state index in [4.69, 9.17) is 19.3 Å². The summed E-state index contributed by atoms with van der Waals surface area (Å²) in [4.78, 5) is 11.8. The highest BCUT2D eigenvalue weighted by Crippen LogP contribution is 2.39. The molecule has 2 aromatic rings. The van der Waals surface area contributed by atoms with Crippen molar-refractivity contribution in [2.75, 3.05) is 27.4 Å². The number of benzene rings is 2. The summed E-state index contributed by atoms with van der Waals surface area (Å²) in [6.07, 6.45) is 2.86. The van der Waals surface area contributed by atoms with Gasteiger partial charge in [0.15, 0.2) is 0 Å². The van der Waals surface area contributed by atoms with Crippen molar-refractivity contribution < 1.29 is 24.1 Å². The first kappa shape index (κ1) is 19.8. The SMILES string of the molecule is COc1cc2c(c(OC)c1)C(C=O)NC(c1cc(C)c(OCCO)c(C)c1)=C2. The zero-order valence-corrected chi connectivity index (χ0v) is 16.5. The van der Waals surface area contributed by atoms with Crippen molar-refractivity contribution in [3.05, 3.63) is 52.1 Å². The standard InChI is InChI=1S/C22H25NO5/c1-13-7-15(8-14(2)22(13)28-6-5-24)18-10-16-9-17(26-3)11-20(27-4)21(16)19(12-25)23-18/h7-12,19,23-24H,5-6H2,1-4H3. The summed E-state index contributed by atoms with van der Waals surface area (Å²) in [6, 6.07) is 7.15. The summed E-state index contributed by atoms with van der Waals surface area (Å²) >= 11 is 0. The minimum Gasteiger partial charge on any atom is -0.497 e. The fraction of sp³-hybridized carbons (Fsp3) is 0.318. The average molecular weight is 383 g/mol. The molecule has 28 heavy (non-hydrogen) atoms. The van der Waals surface area contributed by atoms with Crippen LogP contribution in [0.5, 0.6) is 17.2 Å². The van der Waals surface area contributed by atoms with Gasteiger partial charge < -0.3 is 29.4 Å². The molecule has 0 aromatic heterocycles. The third-order valence-electron chi connectivity index (χ3n) is 4.77. The molecule has 0 saturated carbocycles. The highest BCUT2D eigenvalue weighted by Gasteiger charge is 2.26. The third-order valence-corrected chi connectivity index (χ3v) is 4.77. The Hall–Kier alpha value is -2.99. The minimum absolute atomic E-state index is 0.0329. The van der Waals surface area contributed by atoms with E-state index in [-0.39, 0.29) is 13.2 Å². The molecule has 1 atom stereocenters. The highest BCUT2D eigenvalue weighted by molar-refractivity contribution is 5.89. The Bertz CT molecular complexity index is 896. The molecule has 1 heterocycles. The molecule has 6 nitrogen and oxygen atoms in total. The van der Waals surface area contributed by atoms with Crippen LogP contribution >= 0.6 is 0 Å². The Kier molecular flexibility index (Phi) is 5.90. The van der Waals surface area contributed by atoms with Crippen LogP contribution in [0.4, 0.5) is 0 Å².